The van der Waals surface area contributed by atoms with Crippen molar-refractivity contribution in [3.63, 3.8) is 0 Å². The summed E-state index contributed by atoms with van der Waals surface area (Å²) in [5, 5.41) is 12.3. The number of carbonyl (C=O) groups excluding carboxylic acids is 1. The average molecular weight is 267 g/mol. The Hall–Kier alpha value is -0.870. The number of nitrogens with one attached hydrogen (secondary N) is 1. The summed E-state index contributed by atoms with van der Waals surface area (Å²) in [5.41, 5.74) is -0.221. The van der Waals surface area contributed by atoms with Crippen LogP contribution in [-0.4, -0.2) is 37.4 Å². The van der Waals surface area contributed by atoms with Crippen molar-refractivity contribution >= 4 is 5.91 Å². The fourth-order valence-corrected chi connectivity index (χ4v) is 3.28. The van der Waals surface area contributed by atoms with E-state index in [2.05, 4.69) is 5.32 Å². The highest BCUT2D eigenvalue weighted by molar-refractivity contribution is 5.83. The minimum Gasteiger partial charge on any atom is -0.396 e. The molecule has 1 saturated carbocycles. The lowest BCUT2D eigenvalue weighted by atomic mass is 9.81. The fourth-order valence-electron chi connectivity index (χ4n) is 3.28. The van der Waals surface area contributed by atoms with Crippen LogP contribution in [-0.2, 0) is 9.53 Å². The lowest BCUT2D eigenvalue weighted by Crippen LogP contribution is -2.44. The molecule has 2 aliphatic carbocycles. The van der Waals surface area contributed by atoms with Gasteiger partial charge in [0.25, 0.3) is 0 Å². The van der Waals surface area contributed by atoms with Crippen LogP contribution in [0.1, 0.15) is 38.5 Å². The summed E-state index contributed by atoms with van der Waals surface area (Å²) in [6, 6.07) is 0.0877. The Kier molecular flexibility index (Phi) is 4.99. The second kappa shape index (κ2) is 6.53. The monoisotopic (exact) mass is 267 g/mol. The molecule has 0 radical (unpaired) electrons. The van der Waals surface area contributed by atoms with Gasteiger partial charge in [-0.2, -0.15) is 0 Å². The van der Waals surface area contributed by atoms with Gasteiger partial charge in [-0.05, 0) is 25.7 Å². The smallest absolute Gasteiger partial charge is 0.226 e. The van der Waals surface area contributed by atoms with Crippen LogP contribution in [0.25, 0.3) is 0 Å². The molecule has 2 rings (SSSR count). The molecule has 0 bridgehead atoms. The molecule has 0 aliphatic heterocycles. The van der Waals surface area contributed by atoms with E-state index < -0.39 is 0 Å². The zero-order valence-electron chi connectivity index (χ0n) is 11.7. The van der Waals surface area contributed by atoms with E-state index in [4.69, 9.17) is 9.84 Å². The molecule has 0 aromatic carbocycles. The zero-order valence-corrected chi connectivity index (χ0v) is 11.7. The molecule has 0 aromatic heterocycles. The van der Waals surface area contributed by atoms with Crippen molar-refractivity contribution in [2.45, 2.75) is 44.6 Å². The highest BCUT2D eigenvalue weighted by atomic mass is 16.5. The van der Waals surface area contributed by atoms with Gasteiger partial charge in [-0.3, -0.25) is 4.79 Å². The third-order valence-corrected chi connectivity index (χ3v) is 4.55. The Bertz CT molecular complexity index is 334. The quantitative estimate of drug-likeness (QED) is 0.719. The van der Waals surface area contributed by atoms with Crippen molar-refractivity contribution in [3.05, 3.63) is 12.2 Å². The number of hydrogen-bond donors (Lipinski definition) is 2. The van der Waals surface area contributed by atoms with Crippen LogP contribution >= 0.6 is 0 Å². The number of hydrogen-bond acceptors (Lipinski definition) is 3. The Labute approximate surface area is 115 Å². The zero-order chi connectivity index (χ0) is 13.7. The number of aliphatic hydroxyl groups is 1. The van der Waals surface area contributed by atoms with Crippen molar-refractivity contribution in [1.29, 1.82) is 0 Å². The van der Waals surface area contributed by atoms with Gasteiger partial charge >= 0.3 is 0 Å². The Morgan fingerprint density at radius 2 is 2.16 bits per heavy atom. The van der Waals surface area contributed by atoms with Crippen LogP contribution in [0.5, 0.6) is 0 Å². The third-order valence-electron chi connectivity index (χ3n) is 4.55. The number of amides is 1. The first-order chi connectivity index (χ1) is 9.20. The van der Waals surface area contributed by atoms with Crippen molar-refractivity contribution in [3.8, 4) is 0 Å². The average Bonchev–Trinajstić information content (AvgIpc) is 3.05. The van der Waals surface area contributed by atoms with E-state index in [-0.39, 0.29) is 29.9 Å². The predicted molar refractivity (Wildman–Crippen MR) is 73.7 cm³/mol. The van der Waals surface area contributed by atoms with Crippen LogP contribution in [0, 0.1) is 11.3 Å². The van der Waals surface area contributed by atoms with Crippen LogP contribution in [0.2, 0.25) is 0 Å². The van der Waals surface area contributed by atoms with Gasteiger partial charge in [-0.1, -0.05) is 25.0 Å². The molecule has 2 atom stereocenters. The van der Waals surface area contributed by atoms with Crippen LogP contribution in [0.15, 0.2) is 12.2 Å². The first-order valence-corrected chi connectivity index (χ1v) is 7.29. The molecular formula is C15H25NO3. The topological polar surface area (TPSA) is 58.6 Å². The van der Waals surface area contributed by atoms with E-state index in [9.17, 15) is 4.79 Å². The van der Waals surface area contributed by atoms with Crippen molar-refractivity contribution in [2.24, 2.45) is 11.3 Å². The highest BCUT2D eigenvalue weighted by Crippen LogP contribution is 2.41. The van der Waals surface area contributed by atoms with E-state index in [1.165, 1.54) is 0 Å². The second-order valence-electron chi connectivity index (χ2n) is 5.87. The van der Waals surface area contributed by atoms with Gasteiger partial charge in [-0.25, -0.2) is 0 Å². The summed E-state index contributed by atoms with van der Waals surface area (Å²) >= 11 is 0. The number of methoxy groups -OCH3 is 1. The minimum absolute atomic E-state index is 0.0877. The minimum atomic E-state index is -0.221. The molecule has 0 unspecified atom stereocenters. The molecule has 2 N–H and O–H groups in total. The molecule has 1 amide bonds. The molecule has 2 aliphatic rings. The Morgan fingerprint density at radius 3 is 2.74 bits per heavy atom. The summed E-state index contributed by atoms with van der Waals surface area (Å²) < 4.78 is 5.16. The highest BCUT2D eigenvalue weighted by Gasteiger charge is 2.41. The molecular weight excluding hydrogens is 242 g/mol. The van der Waals surface area contributed by atoms with Crippen molar-refractivity contribution in [1.82, 2.24) is 5.32 Å². The van der Waals surface area contributed by atoms with Gasteiger partial charge in [0.2, 0.25) is 5.91 Å². The number of aliphatic hydroxyl groups excluding tert-OH is 1. The van der Waals surface area contributed by atoms with Gasteiger partial charge in [0.1, 0.15) is 0 Å². The maximum absolute atomic E-state index is 12.6. The Morgan fingerprint density at radius 1 is 1.42 bits per heavy atom. The molecule has 0 spiro atoms. The van der Waals surface area contributed by atoms with E-state index in [0.717, 1.165) is 38.5 Å². The summed E-state index contributed by atoms with van der Waals surface area (Å²) in [4.78, 5) is 12.6. The maximum Gasteiger partial charge on any atom is 0.226 e. The SMILES string of the molecule is COCCC1(C(=O)N[C@@H]2C=C[C@H](CO)C2)CCCC1. The molecule has 0 saturated heterocycles. The lowest BCUT2D eigenvalue weighted by molar-refractivity contribution is -0.132. The molecule has 1 fully saturated rings. The fraction of sp³-hybridized carbons (Fsp3) is 0.800. The van der Waals surface area contributed by atoms with Gasteiger partial charge in [0, 0.05) is 32.3 Å². The van der Waals surface area contributed by atoms with Gasteiger partial charge in [-0.15, -0.1) is 0 Å². The van der Waals surface area contributed by atoms with Gasteiger partial charge in [0.15, 0.2) is 0 Å². The van der Waals surface area contributed by atoms with E-state index in [1.54, 1.807) is 7.11 Å². The van der Waals surface area contributed by atoms with Crippen molar-refractivity contribution in [2.75, 3.05) is 20.3 Å². The van der Waals surface area contributed by atoms with E-state index in [0.29, 0.717) is 6.61 Å². The number of carbonyl (C=O) groups is 1. The predicted octanol–water partition coefficient (Wildman–Crippen LogP) is 1.64. The van der Waals surface area contributed by atoms with E-state index >= 15 is 0 Å². The maximum atomic E-state index is 12.6. The molecule has 0 heterocycles. The first-order valence-electron chi connectivity index (χ1n) is 7.29. The standard InChI is InChI=1S/C15H25NO3/c1-19-9-8-15(6-2-3-7-15)14(18)16-13-5-4-12(10-13)11-17/h4-5,12-13,17H,2-3,6-11H2,1H3,(H,16,18)/t12-,13+/m0/s1. The molecule has 4 heteroatoms. The summed E-state index contributed by atoms with van der Waals surface area (Å²) in [6.45, 7) is 0.810. The normalized spacial score (nSPS) is 28.7. The summed E-state index contributed by atoms with van der Waals surface area (Å²) in [7, 11) is 1.69. The molecule has 19 heavy (non-hydrogen) atoms. The largest absolute Gasteiger partial charge is 0.396 e. The molecule has 0 aromatic rings. The summed E-state index contributed by atoms with van der Waals surface area (Å²) in [5.74, 6) is 0.374. The second-order valence-corrected chi connectivity index (χ2v) is 5.87. The van der Waals surface area contributed by atoms with Crippen LogP contribution in [0.4, 0.5) is 0 Å². The van der Waals surface area contributed by atoms with E-state index in [1.807, 2.05) is 12.2 Å². The summed E-state index contributed by atoms with van der Waals surface area (Å²) in [6.07, 6.45) is 9.87. The number of ether oxygens (including phenoxy) is 1. The van der Waals surface area contributed by atoms with Gasteiger partial charge < -0.3 is 15.2 Å². The molecule has 108 valence electrons. The van der Waals surface area contributed by atoms with Crippen LogP contribution in [0.3, 0.4) is 0 Å². The first kappa shape index (κ1) is 14.5. The van der Waals surface area contributed by atoms with Crippen molar-refractivity contribution < 1.29 is 14.6 Å². The lowest BCUT2D eigenvalue weighted by Gasteiger charge is -2.29. The number of rotatable bonds is 6. The third kappa shape index (κ3) is 3.37. The van der Waals surface area contributed by atoms with Gasteiger partial charge in [0.05, 0.1) is 5.41 Å². The molecule has 4 nitrogen and oxygen atoms in total. The Balaban J connectivity index is 1.91. The van der Waals surface area contributed by atoms with Crippen LogP contribution < -0.4 is 5.32 Å².